The summed E-state index contributed by atoms with van der Waals surface area (Å²) in [6.07, 6.45) is 3.61. The van der Waals surface area contributed by atoms with Gasteiger partial charge in [0.2, 0.25) is 0 Å². The number of ketones is 1. The molecule has 0 aliphatic carbocycles. The Bertz CT molecular complexity index is 2500. The molecule has 1 aliphatic heterocycles. The Morgan fingerprint density at radius 1 is 0.761 bits per heavy atom. The van der Waals surface area contributed by atoms with Gasteiger partial charge >= 0.3 is 5.97 Å². The largest absolute Gasteiger partial charge is 0.458 e. The van der Waals surface area contributed by atoms with Gasteiger partial charge in [0.15, 0.2) is 5.78 Å². The van der Waals surface area contributed by atoms with Crippen LogP contribution in [0.1, 0.15) is 89.5 Å². The van der Waals surface area contributed by atoms with Gasteiger partial charge in [-0.05, 0) is 118 Å². The van der Waals surface area contributed by atoms with Crippen LogP contribution in [0.15, 0.2) is 158 Å². The number of halogens is 2. The average Bonchev–Trinajstić information content (AvgIpc) is 3.79. The number of anilines is 1. The van der Waals surface area contributed by atoms with Crippen molar-refractivity contribution in [2.24, 2.45) is 0 Å². The molecule has 1 aliphatic rings. The molecule has 1 heterocycles. The molecule has 3 N–H and O–H groups in total. The summed E-state index contributed by atoms with van der Waals surface area (Å²) >= 11 is 3.28. The van der Waals surface area contributed by atoms with Crippen LogP contribution in [-0.4, -0.2) is 59.4 Å². The molecule has 0 saturated carbocycles. The van der Waals surface area contributed by atoms with Crippen molar-refractivity contribution in [3.63, 3.8) is 0 Å². The van der Waals surface area contributed by atoms with E-state index in [0.29, 0.717) is 48.2 Å². The van der Waals surface area contributed by atoms with Crippen LogP contribution in [0.3, 0.4) is 0 Å². The summed E-state index contributed by atoms with van der Waals surface area (Å²) in [5.74, 6) is -1.88. The Morgan fingerprint density at radius 3 is 1.90 bits per heavy atom. The Morgan fingerprint density at radius 2 is 1.34 bits per heavy atom. The molecule has 5 atom stereocenters. The Balaban J connectivity index is 1.20. The van der Waals surface area contributed by atoms with E-state index in [1.54, 1.807) is 36.4 Å². The maximum Gasteiger partial charge on any atom is 0.330 e. The molecular weight excluding hydrogens is 881 g/mol. The van der Waals surface area contributed by atoms with Crippen LogP contribution in [0.4, 0.5) is 14.5 Å². The first kappa shape index (κ1) is 49.2. The average molecular weight is 940 g/mol. The summed E-state index contributed by atoms with van der Waals surface area (Å²) in [6.45, 7) is 7.57. The Kier molecular flexibility index (Phi) is 16.4. The molecule has 348 valence electrons. The highest BCUT2D eigenvalue weighted by Crippen LogP contribution is 2.51. The fourth-order valence-electron chi connectivity index (χ4n) is 8.81. The highest BCUT2D eigenvalue weighted by atomic mass is 32.2. The molecule has 1 saturated heterocycles. The second kappa shape index (κ2) is 22.4. The summed E-state index contributed by atoms with van der Waals surface area (Å²) in [5, 5.41) is 9.82. The highest BCUT2D eigenvalue weighted by molar-refractivity contribution is 8.01. The lowest BCUT2D eigenvalue weighted by atomic mass is 9.84. The molecule has 4 unspecified atom stereocenters. The van der Waals surface area contributed by atoms with Gasteiger partial charge < -0.3 is 20.7 Å². The molecule has 0 bridgehead atoms. The van der Waals surface area contributed by atoms with Crippen molar-refractivity contribution in [1.29, 1.82) is 0 Å². The van der Waals surface area contributed by atoms with Gasteiger partial charge in [0.05, 0.1) is 10.8 Å². The molecule has 1 amide bonds. The minimum absolute atomic E-state index is 0.0607. The van der Waals surface area contributed by atoms with E-state index in [-0.39, 0.29) is 35.1 Å². The summed E-state index contributed by atoms with van der Waals surface area (Å²) in [5.41, 5.74) is 5.56. The number of thioether (sulfide) groups is 2. The number of Topliss-reactive ketones (excluding diaryl/α,β-unsaturated/α-hetero) is 1. The summed E-state index contributed by atoms with van der Waals surface area (Å²) in [4.78, 5) is 42.1. The third-order valence-corrected chi connectivity index (χ3v) is 14.9. The van der Waals surface area contributed by atoms with Crippen molar-refractivity contribution in [1.82, 2.24) is 10.6 Å². The van der Waals surface area contributed by atoms with Gasteiger partial charge in [0.1, 0.15) is 23.3 Å². The van der Waals surface area contributed by atoms with Gasteiger partial charge in [-0.15, -0.1) is 11.8 Å². The number of hydrogen-bond donors (Lipinski definition) is 3. The first-order valence-electron chi connectivity index (χ1n) is 22.8. The third-order valence-electron chi connectivity index (χ3n) is 12.1. The first-order valence-corrected chi connectivity index (χ1v) is 24.9. The standard InChI is InChI=1S/C56H59F2N3O4S2/c1-37(62)49(35-51(66-5)46-23-15-16-24-48(46)58)61-53(63)47-33-44(32-29-39(47)28-25-38-26-30-43(57)31-27-38)60-52(54(64)65-55(2,3)4)50-34-45(36-59-50)67-56(40-17-9-6-10-18-40,41-19-11-7-12-20-41)42-21-13-8-14-22-42/h6-24,26-27,29-33,45,49-52,59-60H,25,28,34-36H2,1-5H3,(H,61,63)/t45?,49-,50?,51?,52?/m0/s1. The molecule has 0 aromatic heterocycles. The van der Waals surface area contributed by atoms with E-state index in [1.807, 2.05) is 69.1 Å². The van der Waals surface area contributed by atoms with Gasteiger partial charge in [-0.1, -0.05) is 127 Å². The summed E-state index contributed by atoms with van der Waals surface area (Å²) < 4.78 is 34.3. The molecule has 1 fully saturated rings. The van der Waals surface area contributed by atoms with Crippen molar-refractivity contribution < 1.29 is 27.9 Å². The highest BCUT2D eigenvalue weighted by Gasteiger charge is 2.44. The number of carbonyl (C=O) groups is 3. The normalized spacial score (nSPS) is 16.4. The lowest BCUT2D eigenvalue weighted by Gasteiger charge is -2.37. The van der Waals surface area contributed by atoms with Crippen LogP contribution in [0, 0.1) is 11.6 Å². The van der Waals surface area contributed by atoms with E-state index in [9.17, 15) is 23.2 Å². The zero-order valence-electron chi connectivity index (χ0n) is 38.6. The predicted octanol–water partition coefficient (Wildman–Crippen LogP) is 11.5. The van der Waals surface area contributed by atoms with Gasteiger partial charge in [-0.2, -0.15) is 11.8 Å². The smallest absolute Gasteiger partial charge is 0.330 e. The van der Waals surface area contributed by atoms with E-state index >= 15 is 0 Å². The van der Waals surface area contributed by atoms with E-state index in [2.05, 4.69) is 88.7 Å². The molecule has 6 aromatic rings. The van der Waals surface area contributed by atoms with E-state index in [4.69, 9.17) is 4.74 Å². The molecular formula is C56H59F2N3O4S2. The molecule has 7 rings (SSSR count). The topological polar surface area (TPSA) is 96.5 Å². The molecule has 11 heteroatoms. The molecule has 7 nitrogen and oxygen atoms in total. The van der Waals surface area contributed by atoms with Gasteiger partial charge in [0.25, 0.3) is 5.91 Å². The minimum Gasteiger partial charge on any atom is -0.458 e. The lowest BCUT2D eigenvalue weighted by Crippen LogP contribution is -2.48. The molecule has 0 radical (unpaired) electrons. The summed E-state index contributed by atoms with van der Waals surface area (Å²) in [7, 11) is 0. The molecule has 6 aromatic carbocycles. The number of carbonyl (C=O) groups excluding carboxylic acids is 3. The Labute approximate surface area is 402 Å². The third kappa shape index (κ3) is 12.4. The molecule has 67 heavy (non-hydrogen) atoms. The fraction of sp³-hybridized carbons (Fsp3) is 0.304. The van der Waals surface area contributed by atoms with Crippen molar-refractivity contribution in [2.75, 3.05) is 18.1 Å². The van der Waals surface area contributed by atoms with Crippen LogP contribution >= 0.6 is 23.5 Å². The number of rotatable bonds is 19. The van der Waals surface area contributed by atoms with Crippen LogP contribution in [0.2, 0.25) is 0 Å². The maximum absolute atomic E-state index is 15.0. The van der Waals surface area contributed by atoms with Crippen LogP contribution in [-0.2, 0) is 31.9 Å². The van der Waals surface area contributed by atoms with Crippen LogP contribution < -0.4 is 16.0 Å². The van der Waals surface area contributed by atoms with Crippen molar-refractivity contribution in [3.05, 3.63) is 208 Å². The minimum atomic E-state index is -0.910. The number of benzene rings is 6. The van der Waals surface area contributed by atoms with Crippen molar-refractivity contribution in [2.45, 2.75) is 92.4 Å². The van der Waals surface area contributed by atoms with Crippen molar-refractivity contribution in [3.8, 4) is 0 Å². The molecule has 0 spiro atoms. The van der Waals surface area contributed by atoms with Gasteiger partial charge in [0, 0.05) is 39.9 Å². The number of ether oxygens (including phenoxy) is 1. The van der Waals surface area contributed by atoms with Crippen molar-refractivity contribution >= 4 is 46.9 Å². The SMILES string of the molecule is CSC(C[C@H](NC(=O)c1cc(NC(C(=O)OC(C)(C)C)C2CC(SC(c3ccccc3)(c3ccccc3)c3ccccc3)CN2)ccc1CCc1ccc(F)cc1)C(C)=O)c1ccccc1F. The summed E-state index contributed by atoms with van der Waals surface area (Å²) in [6, 6.07) is 47.7. The van der Waals surface area contributed by atoms with E-state index in [1.165, 1.54) is 36.9 Å². The monoisotopic (exact) mass is 939 g/mol. The number of aryl methyl sites for hydroxylation is 2. The second-order valence-corrected chi connectivity index (χ2v) is 20.6. The van der Waals surface area contributed by atoms with E-state index < -0.39 is 39.6 Å². The Hall–Kier alpha value is -5.75. The number of amides is 1. The second-order valence-electron chi connectivity index (χ2n) is 18.0. The van der Waals surface area contributed by atoms with Gasteiger partial charge in [-0.3, -0.25) is 9.59 Å². The zero-order chi connectivity index (χ0) is 47.6. The predicted molar refractivity (Wildman–Crippen MR) is 270 cm³/mol. The number of hydrogen-bond acceptors (Lipinski definition) is 8. The number of esters is 1. The van der Waals surface area contributed by atoms with Gasteiger partial charge in [-0.25, -0.2) is 13.6 Å². The first-order chi connectivity index (χ1) is 32.2. The maximum atomic E-state index is 15.0. The lowest BCUT2D eigenvalue weighted by molar-refractivity contribution is -0.156. The van der Waals surface area contributed by atoms with Crippen LogP contribution in [0.25, 0.3) is 0 Å². The number of nitrogens with one attached hydrogen (secondary N) is 3. The van der Waals surface area contributed by atoms with E-state index in [0.717, 1.165) is 22.3 Å². The quantitative estimate of drug-likeness (QED) is 0.0546. The fourth-order valence-corrected chi connectivity index (χ4v) is 11.4. The zero-order valence-corrected chi connectivity index (χ0v) is 40.3. The van der Waals surface area contributed by atoms with Crippen LogP contribution in [0.5, 0.6) is 0 Å².